The zero-order valence-electron chi connectivity index (χ0n) is 23.4. The van der Waals surface area contributed by atoms with Crippen LogP contribution in [-0.2, 0) is 6.54 Å². The van der Waals surface area contributed by atoms with Crippen LogP contribution in [0.4, 0.5) is 5.95 Å². The van der Waals surface area contributed by atoms with E-state index in [2.05, 4.69) is 32.0 Å². The Morgan fingerprint density at radius 2 is 1.70 bits per heavy atom. The minimum Gasteiger partial charge on any atom is -0.493 e. The SMILES string of the molecule is COc1cc2nc(N)nc(C#Cc3cc(C(=O)NCc4ccc(OCCN(C)C)cc4)ccc3C)c2cc1OC. The van der Waals surface area contributed by atoms with E-state index in [4.69, 9.17) is 19.9 Å². The number of nitrogens with zero attached hydrogens (tertiary/aromatic N) is 3. The van der Waals surface area contributed by atoms with Gasteiger partial charge in [-0.05, 0) is 68.4 Å². The Hall–Kier alpha value is -4.81. The number of nitrogen functional groups attached to an aromatic ring is 1. The third kappa shape index (κ3) is 6.98. The number of aromatic nitrogens is 2. The number of ether oxygens (including phenoxy) is 3. The van der Waals surface area contributed by atoms with Crippen LogP contribution < -0.4 is 25.3 Å². The van der Waals surface area contributed by atoms with E-state index in [1.807, 2.05) is 51.4 Å². The molecular formula is C31H33N5O4. The van der Waals surface area contributed by atoms with E-state index in [-0.39, 0.29) is 11.9 Å². The van der Waals surface area contributed by atoms with Gasteiger partial charge in [-0.15, -0.1) is 0 Å². The van der Waals surface area contributed by atoms with Crippen molar-refractivity contribution in [2.75, 3.05) is 47.2 Å². The van der Waals surface area contributed by atoms with Gasteiger partial charge in [0.25, 0.3) is 5.91 Å². The number of methoxy groups -OCH3 is 2. The van der Waals surface area contributed by atoms with Crippen LogP contribution >= 0.6 is 0 Å². The van der Waals surface area contributed by atoms with Crippen LogP contribution in [0, 0.1) is 18.8 Å². The highest BCUT2D eigenvalue weighted by molar-refractivity contribution is 5.94. The summed E-state index contributed by atoms with van der Waals surface area (Å²) in [5, 5.41) is 3.65. The number of likely N-dealkylation sites (N-methyl/N-ethyl adjacent to an activating group) is 1. The van der Waals surface area contributed by atoms with Crippen molar-refractivity contribution < 1.29 is 19.0 Å². The van der Waals surface area contributed by atoms with Crippen LogP contribution in [0.25, 0.3) is 10.9 Å². The van der Waals surface area contributed by atoms with Gasteiger partial charge in [0, 0.05) is 35.7 Å². The number of carbonyl (C=O) groups excluding carboxylic acids is 1. The fourth-order valence-corrected chi connectivity index (χ4v) is 3.93. The second-order valence-corrected chi connectivity index (χ2v) is 9.41. The molecule has 40 heavy (non-hydrogen) atoms. The van der Waals surface area contributed by atoms with Gasteiger partial charge in [0.1, 0.15) is 18.1 Å². The molecule has 9 nitrogen and oxygen atoms in total. The first-order valence-corrected chi connectivity index (χ1v) is 12.7. The second-order valence-electron chi connectivity index (χ2n) is 9.41. The topological polar surface area (TPSA) is 112 Å². The van der Waals surface area contributed by atoms with Crippen LogP contribution in [0.5, 0.6) is 17.2 Å². The average molecular weight is 540 g/mol. The molecular weight excluding hydrogens is 506 g/mol. The molecule has 206 valence electrons. The smallest absolute Gasteiger partial charge is 0.251 e. The summed E-state index contributed by atoms with van der Waals surface area (Å²) in [6.07, 6.45) is 0. The molecule has 4 aromatic rings. The third-order valence-electron chi connectivity index (χ3n) is 6.22. The molecule has 0 radical (unpaired) electrons. The van der Waals surface area contributed by atoms with Crippen molar-refractivity contribution in [3.8, 4) is 29.1 Å². The van der Waals surface area contributed by atoms with Gasteiger partial charge in [-0.2, -0.15) is 0 Å². The minimum absolute atomic E-state index is 0.0991. The Labute approximate surface area is 234 Å². The molecule has 0 bridgehead atoms. The number of anilines is 1. The number of aryl methyl sites for hydroxylation is 1. The largest absolute Gasteiger partial charge is 0.493 e. The third-order valence-corrected chi connectivity index (χ3v) is 6.22. The summed E-state index contributed by atoms with van der Waals surface area (Å²) >= 11 is 0. The molecule has 0 aliphatic heterocycles. The Kier molecular flexibility index (Phi) is 9.04. The van der Waals surface area contributed by atoms with Gasteiger partial charge in [-0.25, -0.2) is 9.97 Å². The highest BCUT2D eigenvalue weighted by Crippen LogP contribution is 2.32. The summed E-state index contributed by atoms with van der Waals surface area (Å²) in [4.78, 5) is 23.6. The Bertz CT molecular complexity index is 1570. The van der Waals surface area contributed by atoms with Gasteiger partial charge in [-0.1, -0.05) is 24.1 Å². The van der Waals surface area contributed by atoms with Gasteiger partial charge in [0.05, 0.1) is 19.7 Å². The predicted octanol–water partition coefficient (Wildman–Crippen LogP) is 3.81. The molecule has 3 aromatic carbocycles. The van der Waals surface area contributed by atoms with Crippen molar-refractivity contribution in [1.82, 2.24) is 20.2 Å². The Morgan fingerprint density at radius 1 is 0.975 bits per heavy atom. The van der Waals surface area contributed by atoms with Gasteiger partial charge < -0.3 is 30.2 Å². The van der Waals surface area contributed by atoms with Gasteiger partial charge in [0.15, 0.2) is 11.5 Å². The van der Waals surface area contributed by atoms with Gasteiger partial charge in [-0.3, -0.25) is 4.79 Å². The van der Waals surface area contributed by atoms with Crippen LogP contribution in [-0.4, -0.2) is 62.2 Å². The number of hydrogen-bond acceptors (Lipinski definition) is 8. The molecule has 0 spiro atoms. The number of amides is 1. The number of nitrogens with one attached hydrogen (secondary N) is 1. The summed E-state index contributed by atoms with van der Waals surface area (Å²) in [6, 6.07) is 16.6. The van der Waals surface area contributed by atoms with Crippen molar-refractivity contribution in [2.24, 2.45) is 0 Å². The van der Waals surface area contributed by atoms with E-state index < -0.39 is 0 Å². The first-order chi connectivity index (χ1) is 19.3. The van der Waals surface area contributed by atoms with Crippen molar-refractivity contribution in [3.63, 3.8) is 0 Å². The molecule has 0 fully saturated rings. The summed E-state index contributed by atoms with van der Waals surface area (Å²) in [5.41, 5.74) is 10.1. The summed E-state index contributed by atoms with van der Waals surface area (Å²) in [7, 11) is 7.12. The van der Waals surface area contributed by atoms with Crippen LogP contribution in [0.3, 0.4) is 0 Å². The number of carbonyl (C=O) groups is 1. The molecule has 3 N–H and O–H groups in total. The predicted molar refractivity (Wildman–Crippen MR) is 156 cm³/mol. The standard InChI is InChI=1S/C31H33N5O4/c1-20-6-9-23(30(37)33-19-21-7-11-24(12-8-21)40-15-14-36(2)3)16-22(20)10-13-26-25-17-28(38-4)29(39-5)18-27(25)35-31(32)34-26/h6-9,11-12,16-18H,14-15,19H2,1-5H3,(H,33,37)(H2,32,34,35). The molecule has 0 saturated carbocycles. The molecule has 0 aliphatic carbocycles. The zero-order valence-corrected chi connectivity index (χ0v) is 23.4. The van der Waals surface area contributed by atoms with Crippen LogP contribution in [0.2, 0.25) is 0 Å². The lowest BCUT2D eigenvalue weighted by Gasteiger charge is -2.11. The quantitative estimate of drug-likeness (QED) is 0.309. The number of rotatable bonds is 9. The molecule has 0 aliphatic rings. The summed E-state index contributed by atoms with van der Waals surface area (Å²) in [5.74, 6) is 8.03. The first-order valence-electron chi connectivity index (χ1n) is 12.7. The van der Waals surface area contributed by atoms with Crippen LogP contribution in [0.1, 0.15) is 32.7 Å². The van der Waals surface area contributed by atoms with Crippen molar-refractivity contribution >= 4 is 22.8 Å². The van der Waals surface area contributed by atoms with E-state index in [9.17, 15) is 4.79 Å². The molecule has 4 rings (SSSR count). The van der Waals surface area contributed by atoms with Crippen molar-refractivity contribution in [3.05, 3.63) is 82.5 Å². The fraction of sp³-hybridized carbons (Fsp3) is 0.258. The summed E-state index contributed by atoms with van der Waals surface area (Å²) < 4.78 is 16.5. The maximum Gasteiger partial charge on any atom is 0.251 e. The van der Waals surface area contributed by atoms with Crippen molar-refractivity contribution in [2.45, 2.75) is 13.5 Å². The molecule has 1 aromatic heterocycles. The summed E-state index contributed by atoms with van der Waals surface area (Å²) in [6.45, 7) is 3.79. The maximum atomic E-state index is 12.9. The first kappa shape index (κ1) is 28.2. The van der Waals surface area contributed by atoms with E-state index in [0.717, 1.165) is 23.4 Å². The molecule has 1 amide bonds. The number of benzene rings is 3. The van der Waals surface area contributed by atoms with Crippen LogP contribution in [0.15, 0.2) is 54.6 Å². The fourth-order valence-electron chi connectivity index (χ4n) is 3.93. The zero-order chi connectivity index (χ0) is 28.6. The van der Waals surface area contributed by atoms with E-state index in [1.54, 1.807) is 38.5 Å². The minimum atomic E-state index is -0.192. The molecule has 0 atom stereocenters. The van der Waals surface area contributed by atoms with E-state index >= 15 is 0 Å². The van der Waals surface area contributed by atoms with Gasteiger partial charge in [0.2, 0.25) is 5.95 Å². The number of nitrogens with two attached hydrogens (primary N) is 1. The number of fused-ring (bicyclic) bond motifs is 1. The monoisotopic (exact) mass is 539 g/mol. The van der Waals surface area contributed by atoms with Crippen molar-refractivity contribution in [1.29, 1.82) is 0 Å². The maximum absolute atomic E-state index is 12.9. The molecule has 1 heterocycles. The van der Waals surface area contributed by atoms with E-state index in [0.29, 0.717) is 52.4 Å². The molecule has 0 saturated heterocycles. The lowest BCUT2D eigenvalue weighted by molar-refractivity contribution is 0.0951. The Morgan fingerprint density at radius 3 is 2.40 bits per heavy atom. The van der Waals surface area contributed by atoms with E-state index in [1.165, 1.54) is 0 Å². The highest BCUT2D eigenvalue weighted by atomic mass is 16.5. The number of hydrogen-bond donors (Lipinski definition) is 2. The highest BCUT2D eigenvalue weighted by Gasteiger charge is 2.12. The normalized spacial score (nSPS) is 10.7. The Balaban J connectivity index is 1.50. The second kappa shape index (κ2) is 12.8. The average Bonchev–Trinajstić information content (AvgIpc) is 2.95. The molecule has 0 unspecified atom stereocenters. The lowest BCUT2D eigenvalue weighted by atomic mass is 10.0. The molecule has 9 heteroatoms. The lowest BCUT2D eigenvalue weighted by Crippen LogP contribution is -2.23. The van der Waals surface area contributed by atoms with Gasteiger partial charge >= 0.3 is 0 Å².